The van der Waals surface area contributed by atoms with Crippen molar-refractivity contribution in [2.24, 2.45) is 0 Å². The molecule has 0 fully saturated rings. The summed E-state index contributed by atoms with van der Waals surface area (Å²) in [4.78, 5) is 12.6. The molecule has 0 bridgehead atoms. The summed E-state index contributed by atoms with van der Waals surface area (Å²) >= 11 is 0. The Morgan fingerprint density at radius 3 is 0.846 bits per heavy atom. The van der Waals surface area contributed by atoms with Crippen LogP contribution in [-0.2, 0) is 4.79 Å². The SMILES string of the molecule is CC/C=C\C/C=C\C/C=C\C/C=C\C/C=C\C/C=C\C/C=C\CCCCCCCCCCCCCCCCCC(=O)NC(CO)C(O)CCCCCCCCCCCCCCCCCCCCCCCCCCCCCCC. The molecule has 0 aromatic carbocycles. The fourth-order valence-corrected chi connectivity index (χ4v) is 10.7. The Labute approximate surface area is 488 Å². The fraction of sp³-hybridized carbons (Fsp3) is 0.797. The third-order valence-electron chi connectivity index (χ3n) is 15.9. The van der Waals surface area contributed by atoms with E-state index in [0.29, 0.717) is 12.8 Å². The van der Waals surface area contributed by atoms with Crippen LogP contribution in [0, 0.1) is 0 Å². The van der Waals surface area contributed by atoms with Crippen LogP contribution in [0.3, 0.4) is 0 Å². The molecule has 0 saturated carbocycles. The quantitative estimate of drug-likeness (QED) is 0.0420. The highest BCUT2D eigenvalue weighted by Crippen LogP contribution is 2.19. The van der Waals surface area contributed by atoms with E-state index in [2.05, 4.69) is 104 Å². The van der Waals surface area contributed by atoms with Crippen molar-refractivity contribution in [2.45, 2.75) is 373 Å². The second-order valence-corrected chi connectivity index (χ2v) is 23.6. The van der Waals surface area contributed by atoms with Gasteiger partial charge in [-0.25, -0.2) is 0 Å². The van der Waals surface area contributed by atoms with Crippen molar-refractivity contribution in [2.75, 3.05) is 6.61 Å². The summed E-state index contributed by atoms with van der Waals surface area (Å²) in [5.41, 5.74) is 0. The Morgan fingerprint density at radius 2 is 0.564 bits per heavy atom. The number of carbonyl (C=O) groups is 1. The summed E-state index contributed by atoms with van der Waals surface area (Å²) in [6, 6.07) is -0.542. The lowest BCUT2D eigenvalue weighted by Gasteiger charge is -2.22. The molecule has 0 saturated heterocycles. The lowest BCUT2D eigenvalue weighted by atomic mass is 10.0. The van der Waals surface area contributed by atoms with E-state index in [0.717, 1.165) is 70.6 Å². The monoisotopic (exact) mass is 1090 g/mol. The van der Waals surface area contributed by atoms with Gasteiger partial charge in [-0.05, 0) is 70.6 Å². The number of nitrogens with one attached hydrogen (secondary N) is 1. The van der Waals surface area contributed by atoms with E-state index in [4.69, 9.17) is 0 Å². The number of hydrogen-bond donors (Lipinski definition) is 3. The standard InChI is InChI=1S/C74H135NO3/c1-3-5-7-9-11-13-15-17-19-21-23-25-27-29-31-33-34-35-36-37-38-39-40-42-44-46-48-50-52-54-56-58-60-62-64-66-68-70-74(78)75-72(71-76)73(77)69-67-65-63-61-59-57-55-53-51-49-47-45-43-41-32-30-28-26-24-22-20-18-16-14-12-10-8-6-4-2/h5,7,11,13,17,19,23,25,29,31,34-35,37-38,72-73,76-77H,3-4,6,8-10,12,14-16,18,20-22,24,26-28,30,32-33,36,39-71H2,1-2H3,(H,75,78)/b7-5-,13-11-,19-17-,25-23-,31-29-,35-34-,38-37-. The van der Waals surface area contributed by atoms with Gasteiger partial charge in [0.2, 0.25) is 5.91 Å². The summed E-state index contributed by atoms with van der Waals surface area (Å²) in [5.74, 6) is -0.0285. The molecule has 0 radical (unpaired) electrons. The fourth-order valence-electron chi connectivity index (χ4n) is 10.7. The molecule has 0 aliphatic heterocycles. The average molecular weight is 1090 g/mol. The third kappa shape index (κ3) is 64.4. The van der Waals surface area contributed by atoms with Crippen LogP contribution in [0.4, 0.5) is 0 Å². The molecule has 0 heterocycles. The van der Waals surface area contributed by atoms with Gasteiger partial charge in [-0.15, -0.1) is 0 Å². The van der Waals surface area contributed by atoms with E-state index in [1.807, 2.05) is 0 Å². The van der Waals surface area contributed by atoms with Crippen LogP contribution < -0.4 is 5.32 Å². The third-order valence-corrected chi connectivity index (χ3v) is 15.9. The molecule has 0 aromatic rings. The van der Waals surface area contributed by atoms with Gasteiger partial charge in [0.25, 0.3) is 0 Å². The Balaban J connectivity index is 3.45. The molecule has 2 atom stereocenters. The van der Waals surface area contributed by atoms with Crippen molar-refractivity contribution >= 4 is 5.91 Å². The number of aliphatic hydroxyl groups is 2. The molecule has 1 amide bonds. The first-order valence-corrected chi connectivity index (χ1v) is 34.8. The largest absolute Gasteiger partial charge is 0.394 e. The number of amides is 1. The van der Waals surface area contributed by atoms with Gasteiger partial charge in [0, 0.05) is 6.42 Å². The number of aliphatic hydroxyl groups excluding tert-OH is 2. The van der Waals surface area contributed by atoms with Crippen LogP contribution in [0.1, 0.15) is 361 Å². The highest BCUT2D eigenvalue weighted by Gasteiger charge is 2.20. The van der Waals surface area contributed by atoms with Crippen molar-refractivity contribution < 1.29 is 15.0 Å². The van der Waals surface area contributed by atoms with Gasteiger partial charge in [-0.1, -0.05) is 369 Å². The lowest BCUT2D eigenvalue weighted by Crippen LogP contribution is -2.45. The Morgan fingerprint density at radius 1 is 0.321 bits per heavy atom. The second kappa shape index (κ2) is 68.8. The topological polar surface area (TPSA) is 69.6 Å². The minimum atomic E-state index is -0.665. The molecule has 0 aliphatic rings. The summed E-state index contributed by atoms with van der Waals surface area (Å²) in [5, 5.41) is 23.5. The van der Waals surface area contributed by atoms with Crippen molar-refractivity contribution in [1.29, 1.82) is 0 Å². The van der Waals surface area contributed by atoms with Gasteiger partial charge < -0.3 is 15.5 Å². The molecule has 2 unspecified atom stereocenters. The Kier molecular flexibility index (Phi) is 66.7. The Bertz CT molecular complexity index is 1370. The number of unbranched alkanes of at least 4 members (excludes halogenated alkanes) is 43. The molecule has 4 heteroatoms. The summed E-state index contributed by atoms with van der Waals surface area (Å²) in [7, 11) is 0. The zero-order chi connectivity index (χ0) is 56.2. The molecule has 3 N–H and O–H groups in total. The molecule has 0 spiro atoms. The molecule has 0 aliphatic carbocycles. The van der Waals surface area contributed by atoms with Crippen LogP contribution in [-0.4, -0.2) is 34.9 Å². The highest BCUT2D eigenvalue weighted by atomic mass is 16.3. The van der Waals surface area contributed by atoms with Gasteiger partial charge in [0.15, 0.2) is 0 Å². The van der Waals surface area contributed by atoms with Gasteiger partial charge in [0.05, 0.1) is 18.8 Å². The maximum Gasteiger partial charge on any atom is 0.220 e. The lowest BCUT2D eigenvalue weighted by molar-refractivity contribution is -0.123. The Hall–Kier alpha value is -2.43. The highest BCUT2D eigenvalue weighted by molar-refractivity contribution is 5.76. The van der Waals surface area contributed by atoms with E-state index >= 15 is 0 Å². The smallest absolute Gasteiger partial charge is 0.220 e. The maximum atomic E-state index is 12.6. The molecular formula is C74H135NO3. The molecular weight excluding hydrogens is 951 g/mol. The normalized spacial score (nSPS) is 13.2. The minimum Gasteiger partial charge on any atom is -0.394 e. The molecule has 4 nitrogen and oxygen atoms in total. The van der Waals surface area contributed by atoms with Crippen LogP contribution in [0.25, 0.3) is 0 Å². The van der Waals surface area contributed by atoms with Crippen molar-refractivity contribution in [3.8, 4) is 0 Å². The molecule has 0 aromatic heterocycles. The summed E-state index contributed by atoms with van der Waals surface area (Å²) in [6.07, 6.45) is 101. The average Bonchev–Trinajstić information content (AvgIpc) is 3.44. The number of allylic oxidation sites excluding steroid dienone is 14. The predicted molar refractivity (Wildman–Crippen MR) is 350 cm³/mol. The van der Waals surface area contributed by atoms with Crippen LogP contribution in [0.5, 0.6) is 0 Å². The second-order valence-electron chi connectivity index (χ2n) is 23.6. The summed E-state index contributed by atoms with van der Waals surface area (Å²) in [6.45, 7) is 4.28. The van der Waals surface area contributed by atoms with E-state index in [1.165, 1.54) is 263 Å². The number of rotatable bonds is 64. The minimum absolute atomic E-state index is 0.0285. The predicted octanol–water partition coefficient (Wildman–Crippen LogP) is 23.8. The number of carbonyl (C=O) groups excluding carboxylic acids is 1. The van der Waals surface area contributed by atoms with E-state index in [1.54, 1.807) is 0 Å². The van der Waals surface area contributed by atoms with Gasteiger partial charge >= 0.3 is 0 Å². The first kappa shape index (κ1) is 75.6. The van der Waals surface area contributed by atoms with Crippen LogP contribution in [0.2, 0.25) is 0 Å². The molecule has 78 heavy (non-hydrogen) atoms. The van der Waals surface area contributed by atoms with E-state index in [-0.39, 0.29) is 12.5 Å². The van der Waals surface area contributed by atoms with Crippen LogP contribution in [0.15, 0.2) is 85.1 Å². The molecule has 454 valence electrons. The zero-order valence-electron chi connectivity index (χ0n) is 52.4. The van der Waals surface area contributed by atoms with Crippen LogP contribution >= 0.6 is 0 Å². The van der Waals surface area contributed by atoms with E-state index in [9.17, 15) is 15.0 Å². The van der Waals surface area contributed by atoms with Crippen molar-refractivity contribution in [3.63, 3.8) is 0 Å². The van der Waals surface area contributed by atoms with E-state index < -0.39 is 12.1 Å². The summed E-state index contributed by atoms with van der Waals surface area (Å²) < 4.78 is 0. The first-order chi connectivity index (χ1) is 38.7. The first-order valence-electron chi connectivity index (χ1n) is 34.8. The van der Waals surface area contributed by atoms with Gasteiger partial charge in [0.1, 0.15) is 0 Å². The number of hydrogen-bond acceptors (Lipinski definition) is 3. The van der Waals surface area contributed by atoms with Gasteiger partial charge in [-0.2, -0.15) is 0 Å². The van der Waals surface area contributed by atoms with Crippen molar-refractivity contribution in [3.05, 3.63) is 85.1 Å². The van der Waals surface area contributed by atoms with Crippen molar-refractivity contribution in [1.82, 2.24) is 5.32 Å². The van der Waals surface area contributed by atoms with Gasteiger partial charge in [-0.3, -0.25) is 4.79 Å². The zero-order valence-corrected chi connectivity index (χ0v) is 52.4. The maximum absolute atomic E-state index is 12.6. The molecule has 0 rings (SSSR count).